The molecule has 0 aromatic heterocycles. The van der Waals surface area contributed by atoms with Gasteiger partial charge in [0, 0.05) is 22.8 Å². The zero-order valence-electron chi connectivity index (χ0n) is 29.8. The van der Waals surface area contributed by atoms with Gasteiger partial charge in [0.25, 0.3) is 0 Å². The van der Waals surface area contributed by atoms with Gasteiger partial charge in [0.05, 0.1) is 7.11 Å². The average Bonchev–Trinajstić information content (AvgIpc) is 3.06. The van der Waals surface area contributed by atoms with Crippen molar-refractivity contribution in [2.24, 2.45) is 0 Å². The van der Waals surface area contributed by atoms with Gasteiger partial charge in [-0.1, -0.05) is 93.9 Å². The quantitative estimate of drug-likeness (QED) is 0.125. The van der Waals surface area contributed by atoms with Gasteiger partial charge in [-0.05, 0) is 84.9 Å². The van der Waals surface area contributed by atoms with E-state index < -0.39 is 5.60 Å². The van der Waals surface area contributed by atoms with Gasteiger partial charge in [-0.2, -0.15) is 0 Å². The number of hydrogen-bond donors (Lipinski definition) is 0. The van der Waals surface area contributed by atoms with Gasteiger partial charge in [0.1, 0.15) is 17.5 Å². The van der Waals surface area contributed by atoms with Crippen molar-refractivity contribution in [3.8, 4) is 5.75 Å². The molecule has 0 amide bonds. The molecule has 0 spiro atoms. The van der Waals surface area contributed by atoms with Crippen LogP contribution in [0.25, 0.3) is 6.08 Å². The van der Waals surface area contributed by atoms with Crippen LogP contribution in [0.3, 0.4) is 0 Å². The molecule has 0 saturated heterocycles. The molecule has 2 aromatic carbocycles. The molecule has 0 N–H and O–H groups in total. The van der Waals surface area contributed by atoms with Crippen LogP contribution in [0.5, 0.6) is 5.75 Å². The topological polar surface area (TPSA) is 105 Å². The maximum atomic E-state index is 11.0. The van der Waals surface area contributed by atoms with Crippen molar-refractivity contribution in [1.82, 2.24) is 0 Å². The van der Waals surface area contributed by atoms with Crippen molar-refractivity contribution in [1.29, 1.82) is 0 Å². The third kappa shape index (κ3) is 26.3. The molecule has 0 radical (unpaired) electrons. The van der Waals surface area contributed by atoms with E-state index in [1.165, 1.54) is 38.0 Å². The van der Waals surface area contributed by atoms with E-state index in [4.69, 9.17) is 14.2 Å². The first kappa shape index (κ1) is 45.1. The minimum absolute atomic E-state index is 0.161. The summed E-state index contributed by atoms with van der Waals surface area (Å²) in [6.45, 7) is 27.6. The van der Waals surface area contributed by atoms with Crippen LogP contribution in [0.1, 0.15) is 79.2 Å². The van der Waals surface area contributed by atoms with Crippen molar-refractivity contribution >= 4 is 30.0 Å². The van der Waals surface area contributed by atoms with Crippen LogP contribution in [0.15, 0.2) is 116 Å². The second-order valence-corrected chi connectivity index (χ2v) is 11.6. The molecule has 1 fully saturated rings. The van der Waals surface area contributed by atoms with E-state index in [0.29, 0.717) is 22.5 Å². The first-order chi connectivity index (χ1) is 22.5. The smallest absolute Gasteiger partial charge is 0.338 e. The summed E-state index contributed by atoms with van der Waals surface area (Å²) in [6.07, 6.45) is 8.94. The second kappa shape index (κ2) is 26.1. The van der Waals surface area contributed by atoms with Crippen molar-refractivity contribution in [2.75, 3.05) is 7.11 Å². The number of methoxy groups -OCH3 is 1. The average molecular weight is 663 g/mol. The van der Waals surface area contributed by atoms with Crippen LogP contribution >= 0.6 is 0 Å². The molecule has 48 heavy (non-hydrogen) atoms. The summed E-state index contributed by atoms with van der Waals surface area (Å²) in [7, 11) is 1.33. The van der Waals surface area contributed by atoms with Gasteiger partial charge in [-0.15, -0.1) is 0 Å². The Kier molecular flexibility index (Phi) is 24.6. The molecule has 0 unspecified atom stereocenters. The van der Waals surface area contributed by atoms with E-state index in [-0.39, 0.29) is 30.0 Å². The van der Waals surface area contributed by atoms with Crippen LogP contribution in [0, 0.1) is 0 Å². The van der Waals surface area contributed by atoms with E-state index in [1.54, 1.807) is 45.0 Å². The molecule has 2 aromatic rings. The normalized spacial score (nSPS) is 11.5. The fourth-order valence-electron chi connectivity index (χ4n) is 3.21. The Bertz CT molecular complexity index is 1310. The minimum Gasteiger partial charge on any atom is -0.466 e. The third-order valence-electron chi connectivity index (χ3n) is 5.62. The maximum Gasteiger partial charge on any atom is 0.338 e. The molecule has 1 aliphatic carbocycles. The van der Waals surface area contributed by atoms with Crippen molar-refractivity contribution in [2.45, 2.75) is 85.4 Å². The van der Waals surface area contributed by atoms with Crippen LogP contribution in [0.4, 0.5) is 0 Å². The van der Waals surface area contributed by atoms with Crippen LogP contribution in [-0.4, -0.2) is 42.7 Å². The van der Waals surface area contributed by atoms with E-state index in [9.17, 15) is 19.2 Å². The lowest BCUT2D eigenvalue weighted by atomic mass is 9.98. The molecule has 3 rings (SSSR count). The third-order valence-corrected chi connectivity index (χ3v) is 5.62. The number of hydrogen-bond acceptors (Lipinski definition) is 8. The number of para-hydroxylation sites is 1. The highest BCUT2D eigenvalue weighted by molar-refractivity contribution is 5.89. The predicted molar refractivity (Wildman–Crippen MR) is 194 cm³/mol. The zero-order chi connectivity index (χ0) is 37.1. The molecule has 1 aliphatic rings. The summed E-state index contributed by atoms with van der Waals surface area (Å²) >= 11 is 0. The standard InChI is InChI=1S/C10H10O2.C9H14O2.C8H14O2.C8H8.C5H8O2/c1-8(2)10(11)12-9-6-4-3-5-7-9;1-2-9(10)11-8-6-4-3-5-7-8;1-6(2)7(9)10-8(3,4)5;1-2-8-6-4-3-5-7-8;1-4(2)5(6)7-3/h3-7H,1H2,2H3;2,8H,1,3-7H2;1H2,2-5H3;2-7H,1H2;1H2,2-3H3. The Morgan fingerprint density at radius 2 is 1.17 bits per heavy atom. The largest absolute Gasteiger partial charge is 0.466 e. The summed E-state index contributed by atoms with van der Waals surface area (Å²) in [6, 6.07) is 18.9. The Morgan fingerprint density at radius 3 is 1.48 bits per heavy atom. The first-order valence-electron chi connectivity index (χ1n) is 15.5. The van der Waals surface area contributed by atoms with Crippen molar-refractivity contribution in [3.63, 3.8) is 0 Å². The lowest BCUT2D eigenvalue weighted by molar-refractivity contribution is -0.150. The van der Waals surface area contributed by atoms with E-state index >= 15 is 0 Å². The molecular weight excluding hydrogens is 608 g/mol. The monoisotopic (exact) mass is 662 g/mol. The highest BCUT2D eigenvalue weighted by Crippen LogP contribution is 2.20. The number of esters is 4. The lowest BCUT2D eigenvalue weighted by Gasteiger charge is -2.20. The molecular formula is C40H54O8. The maximum absolute atomic E-state index is 11.0. The summed E-state index contributed by atoms with van der Waals surface area (Å²) < 4.78 is 19.3. The highest BCUT2D eigenvalue weighted by Gasteiger charge is 2.16. The number of carbonyl (C=O) groups excluding carboxylic acids is 4. The minimum atomic E-state index is -0.407. The van der Waals surface area contributed by atoms with E-state index in [2.05, 4.69) is 37.6 Å². The Hall–Kier alpha value is -4.98. The van der Waals surface area contributed by atoms with Gasteiger partial charge in [-0.3, -0.25) is 0 Å². The van der Waals surface area contributed by atoms with Gasteiger partial charge in [-0.25, -0.2) is 19.2 Å². The Morgan fingerprint density at radius 1 is 0.708 bits per heavy atom. The van der Waals surface area contributed by atoms with Gasteiger partial charge in [0.15, 0.2) is 0 Å². The van der Waals surface area contributed by atoms with Gasteiger partial charge >= 0.3 is 23.9 Å². The Balaban J connectivity index is 0. The van der Waals surface area contributed by atoms with Crippen molar-refractivity contribution < 1.29 is 38.1 Å². The number of carbonyl (C=O) groups is 4. The van der Waals surface area contributed by atoms with Crippen LogP contribution in [0.2, 0.25) is 0 Å². The summed E-state index contributed by atoms with van der Waals surface area (Å²) in [5.41, 5.74) is 2.04. The van der Waals surface area contributed by atoms with Crippen LogP contribution < -0.4 is 4.74 Å². The fraction of sp³-hybridized carbons (Fsp3) is 0.350. The molecule has 0 atom stereocenters. The zero-order valence-corrected chi connectivity index (χ0v) is 29.8. The van der Waals surface area contributed by atoms with E-state index in [1.807, 2.05) is 63.2 Å². The fourth-order valence-corrected chi connectivity index (χ4v) is 3.21. The number of ether oxygens (including phenoxy) is 4. The second-order valence-electron chi connectivity index (χ2n) is 11.6. The summed E-state index contributed by atoms with van der Waals surface area (Å²) in [5.74, 6) is -0.795. The molecule has 8 heteroatoms. The number of benzene rings is 2. The summed E-state index contributed by atoms with van der Waals surface area (Å²) in [4.78, 5) is 42.8. The van der Waals surface area contributed by atoms with Gasteiger partial charge < -0.3 is 18.9 Å². The van der Waals surface area contributed by atoms with E-state index in [0.717, 1.165) is 12.8 Å². The lowest BCUT2D eigenvalue weighted by Crippen LogP contribution is -2.23. The SMILES string of the molecule is C=C(C)C(=O)OC.C=C(C)C(=O)OC(C)(C)C.C=C(C)C(=O)Oc1ccccc1.C=CC(=O)OC1CCCCC1.C=Cc1ccccc1. The molecule has 0 aliphatic heterocycles. The Labute approximate surface area is 287 Å². The molecule has 8 nitrogen and oxygen atoms in total. The van der Waals surface area contributed by atoms with Crippen LogP contribution in [-0.2, 0) is 33.4 Å². The van der Waals surface area contributed by atoms with Crippen molar-refractivity contribution in [3.05, 3.63) is 122 Å². The molecule has 1 saturated carbocycles. The molecule has 0 heterocycles. The summed E-state index contributed by atoms with van der Waals surface area (Å²) in [5, 5.41) is 0. The number of rotatable bonds is 7. The highest BCUT2D eigenvalue weighted by atomic mass is 16.6. The predicted octanol–water partition coefficient (Wildman–Crippen LogP) is 9.19. The molecule has 0 bridgehead atoms. The molecule has 262 valence electrons. The first-order valence-corrected chi connectivity index (χ1v) is 15.5. The van der Waals surface area contributed by atoms with Gasteiger partial charge in [0.2, 0.25) is 0 Å².